The molecule has 0 saturated heterocycles. The van der Waals surface area contributed by atoms with Gasteiger partial charge in [-0.25, -0.2) is 8.78 Å². The number of fused-ring (bicyclic) bond motifs is 1. The van der Waals surface area contributed by atoms with Gasteiger partial charge in [-0.15, -0.1) is 0 Å². The summed E-state index contributed by atoms with van der Waals surface area (Å²) in [7, 11) is 3.08. The number of pyridine rings is 1. The van der Waals surface area contributed by atoms with Gasteiger partial charge in [-0.1, -0.05) is 6.07 Å². The fraction of sp³-hybridized carbons (Fsp3) is 0.318. The van der Waals surface area contributed by atoms with Crippen LogP contribution in [0.5, 0.6) is 23.0 Å². The minimum atomic E-state index is -0.589. The average Bonchev–Trinajstić information content (AvgIpc) is 2.76. The van der Waals surface area contributed by atoms with E-state index in [0.29, 0.717) is 29.4 Å². The number of alkyl halides is 2. The van der Waals surface area contributed by atoms with Gasteiger partial charge in [0.15, 0.2) is 23.0 Å². The molecule has 5 nitrogen and oxygen atoms in total. The van der Waals surface area contributed by atoms with Crippen molar-refractivity contribution >= 4 is 10.8 Å². The Morgan fingerprint density at radius 2 is 1.48 bits per heavy atom. The van der Waals surface area contributed by atoms with Crippen molar-refractivity contribution in [1.29, 1.82) is 0 Å². The summed E-state index contributed by atoms with van der Waals surface area (Å²) in [5, 5.41) is 1.81. The summed E-state index contributed by atoms with van der Waals surface area (Å²) >= 11 is 0. The molecule has 1 aromatic heterocycles. The van der Waals surface area contributed by atoms with Gasteiger partial charge >= 0.3 is 0 Å². The standard InChI is InChI=1S/C22H23F2NO4/c1-26-19-4-3-15(12-21(19)28-9-6-23)11-18-17-14-22(29-10-7-24)20(27-2)13-16(17)5-8-25-18/h3-5,8,12-14H,6-7,9-11H2,1-2H3. The van der Waals surface area contributed by atoms with Crippen molar-refractivity contribution in [3.8, 4) is 23.0 Å². The molecule has 0 spiro atoms. The smallest absolute Gasteiger partial charge is 0.161 e. The monoisotopic (exact) mass is 403 g/mol. The lowest BCUT2D eigenvalue weighted by molar-refractivity contribution is 0.260. The molecule has 154 valence electrons. The van der Waals surface area contributed by atoms with Gasteiger partial charge in [-0.3, -0.25) is 4.98 Å². The summed E-state index contributed by atoms with van der Waals surface area (Å²) in [5.41, 5.74) is 1.75. The van der Waals surface area contributed by atoms with Crippen LogP contribution < -0.4 is 18.9 Å². The second-order valence-corrected chi connectivity index (χ2v) is 6.22. The highest BCUT2D eigenvalue weighted by Gasteiger charge is 2.13. The van der Waals surface area contributed by atoms with Crippen molar-refractivity contribution in [2.75, 3.05) is 40.8 Å². The maximum atomic E-state index is 12.6. The van der Waals surface area contributed by atoms with E-state index in [0.717, 1.165) is 22.0 Å². The molecule has 0 aliphatic heterocycles. The van der Waals surface area contributed by atoms with Gasteiger partial charge in [0.1, 0.15) is 26.6 Å². The lowest BCUT2D eigenvalue weighted by Crippen LogP contribution is -2.03. The number of hydrogen-bond acceptors (Lipinski definition) is 5. The number of hydrogen-bond donors (Lipinski definition) is 0. The fourth-order valence-electron chi connectivity index (χ4n) is 3.09. The maximum absolute atomic E-state index is 12.6. The van der Waals surface area contributed by atoms with E-state index >= 15 is 0 Å². The van der Waals surface area contributed by atoms with Gasteiger partial charge in [0.25, 0.3) is 0 Å². The van der Waals surface area contributed by atoms with Crippen LogP contribution in [0.25, 0.3) is 10.8 Å². The van der Waals surface area contributed by atoms with Gasteiger partial charge < -0.3 is 18.9 Å². The van der Waals surface area contributed by atoms with Gasteiger partial charge in [0.2, 0.25) is 0 Å². The van der Waals surface area contributed by atoms with Crippen LogP contribution in [0, 0.1) is 0 Å². The Kier molecular flexibility index (Phi) is 7.05. The first-order chi connectivity index (χ1) is 14.2. The second-order valence-electron chi connectivity index (χ2n) is 6.22. The van der Waals surface area contributed by atoms with Crippen molar-refractivity contribution in [3.05, 3.63) is 53.9 Å². The molecule has 1 heterocycles. The summed E-state index contributed by atoms with van der Waals surface area (Å²) in [5.74, 6) is 2.03. The molecule has 0 aliphatic rings. The average molecular weight is 403 g/mol. The van der Waals surface area contributed by atoms with Crippen LogP contribution in [0.1, 0.15) is 11.3 Å². The molecule has 0 amide bonds. The van der Waals surface area contributed by atoms with Crippen LogP contribution in [0.15, 0.2) is 42.6 Å². The summed E-state index contributed by atoms with van der Waals surface area (Å²) in [6.07, 6.45) is 2.24. The molecule has 29 heavy (non-hydrogen) atoms. The van der Waals surface area contributed by atoms with Crippen molar-refractivity contribution in [1.82, 2.24) is 4.98 Å². The molecule has 7 heteroatoms. The fourth-order valence-corrected chi connectivity index (χ4v) is 3.09. The van der Waals surface area contributed by atoms with Gasteiger partial charge in [0.05, 0.1) is 19.9 Å². The minimum absolute atomic E-state index is 0.0403. The number of rotatable bonds is 10. The third kappa shape index (κ3) is 4.85. The van der Waals surface area contributed by atoms with E-state index in [-0.39, 0.29) is 13.2 Å². The third-order valence-electron chi connectivity index (χ3n) is 4.40. The number of aromatic nitrogens is 1. The van der Waals surface area contributed by atoms with Crippen molar-refractivity contribution in [3.63, 3.8) is 0 Å². The summed E-state index contributed by atoms with van der Waals surface area (Å²) in [6.45, 7) is -1.26. The lowest BCUT2D eigenvalue weighted by atomic mass is 10.0. The molecule has 0 atom stereocenters. The number of nitrogens with zero attached hydrogens (tertiary/aromatic N) is 1. The molecule has 0 aliphatic carbocycles. The lowest BCUT2D eigenvalue weighted by Gasteiger charge is -2.14. The number of halogens is 2. The normalized spacial score (nSPS) is 10.8. The minimum Gasteiger partial charge on any atom is -0.493 e. The Labute approximate surface area is 168 Å². The van der Waals surface area contributed by atoms with E-state index in [1.54, 1.807) is 19.4 Å². The van der Waals surface area contributed by atoms with Crippen LogP contribution >= 0.6 is 0 Å². The summed E-state index contributed by atoms with van der Waals surface area (Å²) < 4.78 is 46.6. The SMILES string of the molecule is COc1ccc(Cc2nccc3cc(OC)c(OCCF)cc23)cc1OCCF. The van der Waals surface area contributed by atoms with Crippen LogP contribution in [-0.4, -0.2) is 45.8 Å². The Balaban J connectivity index is 1.97. The van der Waals surface area contributed by atoms with E-state index in [4.69, 9.17) is 18.9 Å². The van der Waals surface area contributed by atoms with Crippen LogP contribution in [0.2, 0.25) is 0 Å². The molecule has 0 radical (unpaired) electrons. The topological polar surface area (TPSA) is 49.8 Å². The van der Waals surface area contributed by atoms with Crippen LogP contribution in [-0.2, 0) is 6.42 Å². The Morgan fingerprint density at radius 1 is 0.793 bits per heavy atom. The highest BCUT2D eigenvalue weighted by Crippen LogP contribution is 2.35. The van der Waals surface area contributed by atoms with E-state index in [9.17, 15) is 8.78 Å². The molecule has 0 saturated carbocycles. The predicted octanol–water partition coefficient (Wildman–Crippen LogP) is 4.54. The first kappa shape index (κ1) is 20.6. The number of ether oxygens (including phenoxy) is 4. The van der Waals surface area contributed by atoms with Crippen molar-refractivity contribution in [2.45, 2.75) is 6.42 Å². The maximum Gasteiger partial charge on any atom is 0.161 e. The quantitative estimate of drug-likeness (QED) is 0.498. The first-order valence-corrected chi connectivity index (χ1v) is 9.20. The zero-order valence-corrected chi connectivity index (χ0v) is 16.4. The molecular formula is C22H23F2NO4. The van der Waals surface area contributed by atoms with Crippen molar-refractivity contribution in [2.24, 2.45) is 0 Å². The van der Waals surface area contributed by atoms with Gasteiger partial charge in [-0.2, -0.15) is 0 Å². The Bertz CT molecular complexity index is 965. The van der Waals surface area contributed by atoms with Crippen molar-refractivity contribution < 1.29 is 27.7 Å². The molecule has 0 unspecified atom stereocenters. The van der Waals surface area contributed by atoms with E-state index in [1.807, 2.05) is 30.3 Å². The molecule has 0 bridgehead atoms. The largest absolute Gasteiger partial charge is 0.493 e. The van der Waals surface area contributed by atoms with E-state index in [1.165, 1.54) is 7.11 Å². The van der Waals surface area contributed by atoms with Crippen LogP contribution in [0.4, 0.5) is 8.78 Å². The predicted molar refractivity (Wildman–Crippen MR) is 107 cm³/mol. The highest BCUT2D eigenvalue weighted by atomic mass is 19.1. The Morgan fingerprint density at radius 3 is 2.14 bits per heavy atom. The molecule has 0 fully saturated rings. The number of methoxy groups -OCH3 is 2. The van der Waals surface area contributed by atoms with Crippen LogP contribution in [0.3, 0.4) is 0 Å². The zero-order chi connectivity index (χ0) is 20.6. The van der Waals surface area contributed by atoms with Gasteiger partial charge in [0, 0.05) is 18.0 Å². The first-order valence-electron chi connectivity index (χ1n) is 9.20. The summed E-state index contributed by atoms with van der Waals surface area (Å²) in [4.78, 5) is 4.51. The Hall–Kier alpha value is -3.09. The van der Waals surface area contributed by atoms with E-state index in [2.05, 4.69) is 4.98 Å². The molecule has 3 aromatic rings. The summed E-state index contributed by atoms with van der Waals surface area (Å²) in [6, 6.07) is 11.1. The second kappa shape index (κ2) is 9.91. The number of benzene rings is 2. The molecule has 2 aromatic carbocycles. The zero-order valence-electron chi connectivity index (χ0n) is 16.4. The molecular weight excluding hydrogens is 380 g/mol. The van der Waals surface area contributed by atoms with Gasteiger partial charge in [-0.05, 0) is 41.3 Å². The molecule has 0 N–H and O–H groups in total. The molecule has 3 rings (SSSR count). The third-order valence-corrected chi connectivity index (χ3v) is 4.40. The van der Waals surface area contributed by atoms with E-state index < -0.39 is 13.3 Å². The highest BCUT2D eigenvalue weighted by molar-refractivity contribution is 5.88.